The molecule has 0 heterocycles. The zero-order valence-corrected chi connectivity index (χ0v) is 13.6. The maximum Gasteiger partial charge on any atom is 0.255 e. The van der Waals surface area contributed by atoms with Crippen molar-refractivity contribution in [1.82, 2.24) is 0 Å². The van der Waals surface area contributed by atoms with E-state index in [2.05, 4.69) is 21.2 Å². The largest absolute Gasteiger partial charge is 0.497 e. The Bertz CT molecular complexity index is 687. The van der Waals surface area contributed by atoms with Gasteiger partial charge in [0.1, 0.15) is 10.7 Å². The Morgan fingerprint density at radius 2 is 1.81 bits per heavy atom. The van der Waals surface area contributed by atoms with Crippen molar-refractivity contribution in [2.24, 2.45) is 5.73 Å². The van der Waals surface area contributed by atoms with E-state index in [-0.39, 0.29) is 5.91 Å². The second kappa shape index (κ2) is 6.69. The lowest BCUT2D eigenvalue weighted by Gasteiger charge is -2.09. The summed E-state index contributed by atoms with van der Waals surface area (Å²) in [5.74, 6) is 0.441. The fourth-order valence-electron chi connectivity index (χ4n) is 1.71. The van der Waals surface area contributed by atoms with Gasteiger partial charge in [0.15, 0.2) is 0 Å². The Balaban J connectivity index is 2.19. The average Bonchev–Trinajstić information content (AvgIpc) is 2.49. The molecule has 0 spiro atoms. The Morgan fingerprint density at radius 3 is 2.38 bits per heavy atom. The molecule has 0 atom stereocenters. The number of hydrogen-bond acceptors (Lipinski definition) is 3. The molecule has 2 rings (SSSR count). The van der Waals surface area contributed by atoms with Crippen LogP contribution in [-0.4, -0.2) is 18.0 Å². The molecule has 0 radical (unpaired) electrons. The van der Waals surface area contributed by atoms with Crippen LogP contribution in [0.2, 0.25) is 0 Å². The number of carbonyl (C=O) groups excluding carboxylic acids is 1. The predicted octanol–water partition coefficient (Wildman–Crippen LogP) is 3.34. The molecule has 0 aliphatic carbocycles. The van der Waals surface area contributed by atoms with Crippen molar-refractivity contribution >= 4 is 44.7 Å². The minimum Gasteiger partial charge on any atom is -0.497 e. The van der Waals surface area contributed by atoms with E-state index in [0.717, 1.165) is 10.0 Å². The van der Waals surface area contributed by atoms with Gasteiger partial charge in [-0.05, 0) is 40.2 Å². The summed E-state index contributed by atoms with van der Waals surface area (Å²) in [6, 6.07) is 12.2. The third kappa shape index (κ3) is 3.80. The highest BCUT2D eigenvalue weighted by Crippen LogP contribution is 2.27. The van der Waals surface area contributed by atoms with Crippen LogP contribution in [0.1, 0.15) is 15.9 Å². The summed E-state index contributed by atoms with van der Waals surface area (Å²) in [6.07, 6.45) is 0. The lowest BCUT2D eigenvalue weighted by Crippen LogP contribution is -2.14. The molecule has 0 fully saturated rings. The van der Waals surface area contributed by atoms with Crippen LogP contribution in [0.3, 0.4) is 0 Å². The van der Waals surface area contributed by atoms with E-state index in [1.165, 1.54) is 0 Å². The van der Waals surface area contributed by atoms with Crippen LogP contribution in [0, 0.1) is 0 Å². The number of anilines is 1. The van der Waals surface area contributed by atoms with Gasteiger partial charge in [-0.1, -0.05) is 24.4 Å². The summed E-state index contributed by atoms with van der Waals surface area (Å²) < 4.78 is 5.91. The molecule has 0 aromatic heterocycles. The van der Waals surface area contributed by atoms with E-state index in [9.17, 15) is 4.79 Å². The standard InChI is InChI=1S/C15H13BrN2O2S/c1-20-11-6-7-12(16)13(8-11)18-15(19)10-4-2-9(3-5-10)14(17)21/h2-8H,1H3,(H2,17,21)(H,18,19). The van der Waals surface area contributed by atoms with Crippen LogP contribution in [0.25, 0.3) is 0 Å². The molecule has 0 saturated carbocycles. The summed E-state index contributed by atoms with van der Waals surface area (Å²) in [5, 5.41) is 2.82. The lowest BCUT2D eigenvalue weighted by atomic mass is 10.1. The van der Waals surface area contributed by atoms with Gasteiger partial charge in [-0.3, -0.25) is 4.79 Å². The van der Waals surface area contributed by atoms with E-state index in [0.29, 0.717) is 22.0 Å². The molecule has 0 saturated heterocycles. The smallest absolute Gasteiger partial charge is 0.255 e. The molecule has 0 bridgehead atoms. The van der Waals surface area contributed by atoms with Crippen molar-refractivity contribution in [3.63, 3.8) is 0 Å². The van der Waals surface area contributed by atoms with E-state index < -0.39 is 0 Å². The number of nitrogens with two attached hydrogens (primary N) is 1. The van der Waals surface area contributed by atoms with E-state index >= 15 is 0 Å². The van der Waals surface area contributed by atoms with Gasteiger partial charge < -0.3 is 15.8 Å². The molecule has 108 valence electrons. The number of benzene rings is 2. The fraction of sp³-hybridized carbons (Fsp3) is 0.0667. The fourth-order valence-corrected chi connectivity index (χ4v) is 2.19. The van der Waals surface area contributed by atoms with Crippen LogP contribution < -0.4 is 15.8 Å². The van der Waals surface area contributed by atoms with Crippen molar-refractivity contribution in [3.05, 3.63) is 58.1 Å². The van der Waals surface area contributed by atoms with Gasteiger partial charge in [0.2, 0.25) is 0 Å². The topological polar surface area (TPSA) is 64.3 Å². The van der Waals surface area contributed by atoms with Crippen LogP contribution >= 0.6 is 28.1 Å². The number of rotatable bonds is 4. The number of halogens is 1. The molecule has 0 aliphatic heterocycles. The number of thiocarbonyl (C=S) groups is 1. The van der Waals surface area contributed by atoms with Gasteiger partial charge in [0.25, 0.3) is 5.91 Å². The van der Waals surface area contributed by atoms with Crippen LogP contribution in [0.15, 0.2) is 46.9 Å². The molecule has 0 unspecified atom stereocenters. The maximum absolute atomic E-state index is 12.2. The Labute approximate surface area is 136 Å². The molecule has 6 heteroatoms. The van der Waals surface area contributed by atoms with Gasteiger partial charge in [-0.25, -0.2) is 0 Å². The molecule has 2 aromatic rings. The third-order valence-corrected chi connectivity index (χ3v) is 3.78. The summed E-state index contributed by atoms with van der Waals surface area (Å²) in [7, 11) is 1.57. The second-order valence-corrected chi connectivity index (χ2v) is 5.54. The van der Waals surface area contributed by atoms with Crippen LogP contribution in [0.5, 0.6) is 5.75 Å². The minimum absolute atomic E-state index is 0.224. The number of nitrogens with one attached hydrogen (secondary N) is 1. The summed E-state index contributed by atoms with van der Waals surface area (Å²) >= 11 is 8.27. The van der Waals surface area contributed by atoms with Crippen molar-refractivity contribution in [3.8, 4) is 5.75 Å². The molecule has 2 aromatic carbocycles. The monoisotopic (exact) mass is 364 g/mol. The molecule has 4 nitrogen and oxygen atoms in total. The van der Waals surface area contributed by atoms with E-state index in [1.807, 2.05) is 6.07 Å². The van der Waals surface area contributed by atoms with E-state index in [1.54, 1.807) is 43.5 Å². The molecular formula is C15H13BrN2O2S. The number of amides is 1. The number of ether oxygens (including phenoxy) is 1. The van der Waals surface area contributed by atoms with Crippen molar-refractivity contribution < 1.29 is 9.53 Å². The summed E-state index contributed by atoms with van der Waals surface area (Å²) in [6.45, 7) is 0. The Kier molecular flexibility index (Phi) is 4.93. The first kappa shape index (κ1) is 15.5. The first-order chi connectivity index (χ1) is 10.0. The Morgan fingerprint density at radius 1 is 1.19 bits per heavy atom. The number of carbonyl (C=O) groups is 1. The van der Waals surface area contributed by atoms with Gasteiger partial charge >= 0.3 is 0 Å². The SMILES string of the molecule is COc1ccc(Br)c(NC(=O)c2ccc(C(N)=S)cc2)c1. The Hall–Kier alpha value is -1.92. The molecule has 0 aliphatic rings. The van der Waals surface area contributed by atoms with Gasteiger partial charge in [-0.15, -0.1) is 0 Å². The van der Waals surface area contributed by atoms with Crippen LogP contribution in [-0.2, 0) is 0 Å². The first-order valence-electron chi connectivity index (χ1n) is 6.06. The number of hydrogen-bond donors (Lipinski definition) is 2. The molecule has 21 heavy (non-hydrogen) atoms. The zero-order valence-electron chi connectivity index (χ0n) is 11.2. The molecule has 1 amide bonds. The predicted molar refractivity (Wildman–Crippen MR) is 91.0 cm³/mol. The molecular weight excluding hydrogens is 352 g/mol. The first-order valence-corrected chi connectivity index (χ1v) is 7.26. The van der Waals surface area contributed by atoms with Gasteiger partial charge in [0.05, 0.1) is 12.8 Å². The summed E-state index contributed by atoms with van der Waals surface area (Å²) in [5.41, 5.74) is 7.41. The quantitative estimate of drug-likeness (QED) is 0.816. The van der Waals surface area contributed by atoms with Crippen molar-refractivity contribution in [2.75, 3.05) is 12.4 Å². The van der Waals surface area contributed by atoms with Crippen LogP contribution in [0.4, 0.5) is 5.69 Å². The highest BCUT2D eigenvalue weighted by molar-refractivity contribution is 9.10. The third-order valence-electron chi connectivity index (χ3n) is 2.85. The number of methoxy groups -OCH3 is 1. The van der Waals surface area contributed by atoms with Crippen molar-refractivity contribution in [1.29, 1.82) is 0 Å². The normalized spacial score (nSPS) is 10.0. The summed E-state index contributed by atoms with van der Waals surface area (Å²) in [4.78, 5) is 12.5. The maximum atomic E-state index is 12.2. The average molecular weight is 365 g/mol. The minimum atomic E-state index is -0.224. The van der Waals surface area contributed by atoms with Crippen molar-refractivity contribution in [2.45, 2.75) is 0 Å². The second-order valence-electron chi connectivity index (χ2n) is 4.24. The zero-order chi connectivity index (χ0) is 15.4. The molecule has 3 N–H and O–H groups in total. The highest BCUT2D eigenvalue weighted by atomic mass is 79.9. The van der Waals surface area contributed by atoms with E-state index in [4.69, 9.17) is 22.7 Å². The highest BCUT2D eigenvalue weighted by Gasteiger charge is 2.09. The lowest BCUT2D eigenvalue weighted by molar-refractivity contribution is 0.102. The van der Waals surface area contributed by atoms with Gasteiger partial charge in [0, 0.05) is 21.7 Å². The van der Waals surface area contributed by atoms with Gasteiger partial charge in [-0.2, -0.15) is 0 Å².